The summed E-state index contributed by atoms with van der Waals surface area (Å²) in [4.78, 5) is 29.2. The minimum atomic E-state index is -1.04. The smallest absolute Gasteiger partial charge is 0.295 e. The van der Waals surface area contributed by atoms with E-state index in [0.29, 0.717) is 17.8 Å². The molecule has 0 unspecified atom stereocenters. The molecule has 1 aromatic heterocycles. The summed E-state index contributed by atoms with van der Waals surface area (Å²) in [6.07, 6.45) is 1.45. The highest BCUT2D eigenvalue weighted by atomic mass is 19.1. The van der Waals surface area contributed by atoms with Gasteiger partial charge in [-0.25, -0.2) is 9.07 Å². The summed E-state index contributed by atoms with van der Waals surface area (Å²) in [5.74, 6) is -2.53. The fourth-order valence-corrected chi connectivity index (χ4v) is 4.06. The number of amides is 1. The standard InChI is InChI=1S/C25H25FN4O3/c1-16-19(15-27-30(16)17-9-5-4-6-10-17)23(31)21-22(18-11-7-8-12-20(18)26)29(14-13-28(2)3)25(33)24(21)32/h4-12,15,22,31H,13-14H2,1-3H3/t22-/m1/s1. The third-order valence-electron chi connectivity index (χ3n) is 5.79. The maximum atomic E-state index is 14.8. The summed E-state index contributed by atoms with van der Waals surface area (Å²) in [7, 11) is 3.69. The number of para-hydroxylation sites is 1. The normalized spacial score (nSPS) is 17.8. The van der Waals surface area contributed by atoms with E-state index in [-0.39, 0.29) is 23.4 Å². The molecule has 1 aliphatic rings. The van der Waals surface area contributed by atoms with Gasteiger partial charge in [0.05, 0.1) is 34.8 Å². The van der Waals surface area contributed by atoms with Gasteiger partial charge in [-0.15, -0.1) is 0 Å². The molecule has 1 atom stereocenters. The number of benzene rings is 2. The van der Waals surface area contributed by atoms with E-state index in [1.165, 1.54) is 23.2 Å². The van der Waals surface area contributed by atoms with Gasteiger partial charge in [0.15, 0.2) is 0 Å². The second-order valence-electron chi connectivity index (χ2n) is 8.21. The van der Waals surface area contributed by atoms with Gasteiger partial charge in [0.25, 0.3) is 11.7 Å². The van der Waals surface area contributed by atoms with Crippen molar-refractivity contribution in [3.05, 3.63) is 89.0 Å². The van der Waals surface area contributed by atoms with Crippen LogP contribution in [0.2, 0.25) is 0 Å². The first-order valence-electron chi connectivity index (χ1n) is 10.6. The van der Waals surface area contributed by atoms with Gasteiger partial charge in [-0.1, -0.05) is 36.4 Å². The maximum Gasteiger partial charge on any atom is 0.295 e. The van der Waals surface area contributed by atoms with Crippen molar-refractivity contribution in [2.75, 3.05) is 27.2 Å². The molecule has 2 heterocycles. The number of rotatable bonds is 6. The zero-order chi connectivity index (χ0) is 23.7. The Morgan fingerprint density at radius 2 is 1.76 bits per heavy atom. The second-order valence-corrected chi connectivity index (χ2v) is 8.21. The van der Waals surface area contributed by atoms with Crippen LogP contribution in [-0.4, -0.2) is 63.6 Å². The number of Topliss-reactive ketones (excluding diaryl/α,β-unsaturated/α-hetero) is 1. The summed E-state index contributed by atoms with van der Waals surface area (Å²) in [5.41, 5.74) is 1.70. The third kappa shape index (κ3) is 4.05. The summed E-state index contributed by atoms with van der Waals surface area (Å²) in [6, 6.07) is 14.3. The molecule has 1 fully saturated rings. The number of likely N-dealkylation sites (N-methyl/N-ethyl adjacent to an activating group) is 1. The number of aliphatic hydroxyl groups excluding tert-OH is 1. The van der Waals surface area contributed by atoms with Gasteiger partial charge in [-0.2, -0.15) is 5.10 Å². The van der Waals surface area contributed by atoms with Gasteiger partial charge in [0.2, 0.25) is 0 Å². The van der Waals surface area contributed by atoms with E-state index in [1.807, 2.05) is 49.3 Å². The molecule has 3 aromatic rings. The third-order valence-corrected chi connectivity index (χ3v) is 5.79. The molecule has 2 aromatic carbocycles. The molecule has 170 valence electrons. The molecule has 33 heavy (non-hydrogen) atoms. The van der Waals surface area contributed by atoms with Gasteiger partial charge in [-0.05, 0) is 39.2 Å². The predicted molar refractivity (Wildman–Crippen MR) is 122 cm³/mol. The van der Waals surface area contributed by atoms with E-state index in [4.69, 9.17) is 0 Å². The molecule has 0 radical (unpaired) electrons. The van der Waals surface area contributed by atoms with Crippen molar-refractivity contribution < 1.29 is 19.1 Å². The van der Waals surface area contributed by atoms with Gasteiger partial charge < -0.3 is 14.9 Å². The van der Waals surface area contributed by atoms with Crippen molar-refractivity contribution in [3.8, 4) is 5.69 Å². The Morgan fingerprint density at radius 1 is 1.09 bits per heavy atom. The highest BCUT2D eigenvalue weighted by Crippen LogP contribution is 2.40. The van der Waals surface area contributed by atoms with E-state index in [9.17, 15) is 19.1 Å². The molecule has 7 nitrogen and oxygen atoms in total. The van der Waals surface area contributed by atoms with Gasteiger partial charge in [0, 0.05) is 18.7 Å². The Kier molecular flexibility index (Phi) is 6.11. The first-order chi connectivity index (χ1) is 15.8. The number of ketones is 1. The van der Waals surface area contributed by atoms with Crippen molar-refractivity contribution in [2.45, 2.75) is 13.0 Å². The number of hydrogen-bond donors (Lipinski definition) is 1. The first kappa shape index (κ1) is 22.4. The molecule has 4 rings (SSSR count). The molecule has 0 bridgehead atoms. The average Bonchev–Trinajstić information content (AvgIpc) is 3.30. The fraction of sp³-hybridized carbons (Fsp3) is 0.240. The molecule has 0 aliphatic carbocycles. The Morgan fingerprint density at radius 3 is 2.42 bits per heavy atom. The second kappa shape index (κ2) is 8.99. The lowest BCUT2D eigenvalue weighted by molar-refractivity contribution is -0.140. The molecule has 1 amide bonds. The minimum absolute atomic E-state index is 0.139. The van der Waals surface area contributed by atoms with Crippen LogP contribution in [0.4, 0.5) is 4.39 Å². The summed E-state index contributed by atoms with van der Waals surface area (Å²) < 4.78 is 16.5. The molecule has 1 N–H and O–H groups in total. The number of halogens is 1. The first-order valence-corrected chi connectivity index (χ1v) is 10.6. The number of likely N-dealkylation sites (tertiary alicyclic amines) is 1. The lowest BCUT2D eigenvalue weighted by Crippen LogP contribution is -2.35. The quantitative estimate of drug-likeness (QED) is 0.356. The fourth-order valence-electron chi connectivity index (χ4n) is 4.06. The summed E-state index contributed by atoms with van der Waals surface area (Å²) in [6.45, 7) is 2.44. The zero-order valence-electron chi connectivity index (χ0n) is 18.7. The van der Waals surface area contributed by atoms with E-state index in [2.05, 4.69) is 5.10 Å². The summed E-state index contributed by atoms with van der Waals surface area (Å²) in [5, 5.41) is 15.6. The molecule has 1 aliphatic heterocycles. The average molecular weight is 448 g/mol. The molecular weight excluding hydrogens is 423 g/mol. The highest BCUT2D eigenvalue weighted by molar-refractivity contribution is 6.46. The van der Waals surface area contributed by atoms with Gasteiger partial charge in [0.1, 0.15) is 11.6 Å². The van der Waals surface area contributed by atoms with Crippen LogP contribution in [0.15, 0.2) is 66.4 Å². The molecule has 1 saturated heterocycles. The molecular formula is C25H25FN4O3. The van der Waals surface area contributed by atoms with E-state index in [0.717, 1.165) is 5.69 Å². The lowest BCUT2D eigenvalue weighted by Gasteiger charge is -2.26. The maximum absolute atomic E-state index is 14.8. The van der Waals surface area contributed by atoms with Crippen LogP contribution in [0.5, 0.6) is 0 Å². The number of hydrogen-bond acceptors (Lipinski definition) is 5. The van der Waals surface area contributed by atoms with Gasteiger partial charge >= 0.3 is 0 Å². The van der Waals surface area contributed by atoms with Crippen LogP contribution >= 0.6 is 0 Å². The van der Waals surface area contributed by atoms with Crippen molar-refractivity contribution >= 4 is 17.4 Å². The number of aromatic nitrogens is 2. The zero-order valence-corrected chi connectivity index (χ0v) is 18.7. The SMILES string of the molecule is Cc1c(C(O)=C2C(=O)C(=O)N(CCN(C)C)[C@@H]2c2ccccc2F)cnn1-c1ccccc1. The van der Waals surface area contributed by atoms with E-state index in [1.54, 1.807) is 23.7 Å². The van der Waals surface area contributed by atoms with Crippen molar-refractivity contribution in [1.29, 1.82) is 0 Å². The van der Waals surface area contributed by atoms with E-state index >= 15 is 0 Å². The van der Waals surface area contributed by atoms with Crippen LogP contribution in [0.25, 0.3) is 11.4 Å². The topological polar surface area (TPSA) is 78.7 Å². The number of nitrogens with zero attached hydrogens (tertiary/aromatic N) is 4. The highest BCUT2D eigenvalue weighted by Gasteiger charge is 2.47. The number of aliphatic hydroxyl groups is 1. The monoisotopic (exact) mass is 448 g/mol. The Balaban J connectivity index is 1.86. The molecule has 0 spiro atoms. The van der Waals surface area contributed by atoms with Crippen LogP contribution in [0, 0.1) is 12.7 Å². The largest absolute Gasteiger partial charge is 0.507 e. The van der Waals surface area contributed by atoms with Crippen LogP contribution < -0.4 is 0 Å². The molecule has 0 saturated carbocycles. The van der Waals surface area contributed by atoms with Crippen molar-refractivity contribution in [1.82, 2.24) is 19.6 Å². The summed E-state index contributed by atoms with van der Waals surface area (Å²) >= 11 is 0. The minimum Gasteiger partial charge on any atom is -0.507 e. The van der Waals surface area contributed by atoms with Crippen molar-refractivity contribution in [2.24, 2.45) is 0 Å². The van der Waals surface area contributed by atoms with Crippen molar-refractivity contribution in [3.63, 3.8) is 0 Å². The van der Waals surface area contributed by atoms with Crippen LogP contribution in [-0.2, 0) is 9.59 Å². The number of carbonyl (C=O) groups excluding carboxylic acids is 2. The Bertz CT molecular complexity index is 1230. The van der Waals surface area contributed by atoms with Crippen LogP contribution in [0.1, 0.15) is 22.9 Å². The van der Waals surface area contributed by atoms with Crippen LogP contribution in [0.3, 0.4) is 0 Å². The van der Waals surface area contributed by atoms with Gasteiger partial charge in [-0.3, -0.25) is 9.59 Å². The lowest BCUT2D eigenvalue weighted by atomic mass is 9.95. The number of carbonyl (C=O) groups is 2. The Labute approximate surface area is 191 Å². The van der Waals surface area contributed by atoms with E-state index < -0.39 is 23.5 Å². The molecule has 8 heteroatoms. The predicted octanol–water partition coefficient (Wildman–Crippen LogP) is 3.30. The Hall–Kier alpha value is -3.78.